The molecule has 12 N–H and O–H groups in total. The van der Waals surface area contributed by atoms with Gasteiger partial charge in [-0.3, -0.25) is 47.9 Å². The molecule has 7 rings (SSSR count). The Morgan fingerprint density at radius 2 is 1.02 bits per heavy atom. The summed E-state index contributed by atoms with van der Waals surface area (Å²) in [5.41, 5.74) is 17.2. The normalized spacial score (nSPS) is 14.3. The molecule has 1 aliphatic heterocycles. The summed E-state index contributed by atoms with van der Waals surface area (Å²) in [7, 11) is 0. The van der Waals surface area contributed by atoms with E-state index in [1.165, 1.54) is 16.7 Å². The number of nitrogens with one attached hydrogen (secondary N) is 8. The van der Waals surface area contributed by atoms with Crippen LogP contribution in [0, 0.1) is 12.8 Å². The molecule has 7 atom stereocenters. The van der Waals surface area contributed by atoms with Crippen molar-refractivity contribution < 1.29 is 62.2 Å². The average Bonchev–Trinajstić information content (AvgIpc) is 1.74. The molecule has 1 fully saturated rings. The summed E-state index contributed by atoms with van der Waals surface area (Å²) in [5.74, 6) is -6.07. The van der Waals surface area contributed by atoms with E-state index in [2.05, 4.69) is 42.5 Å². The Morgan fingerprint density at radius 1 is 0.515 bits per heavy atom. The predicted molar refractivity (Wildman–Crippen MR) is 387 cm³/mol. The molecule has 6 aromatic carbocycles. The minimum atomic E-state index is -1.71. The number of amides is 11. The minimum Gasteiger partial charge on any atom is -0.489 e. The maximum absolute atomic E-state index is 14.9. The van der Waals surface area contributed by atoms with Gasteiger partial charge in [-0.25, -0.2) is 4.79 Å². The Morgan fingerprint density at radius 3 is 1.62 bits per heavy atom. The molecule has 24 nitrogen and oxygen atoms in total. The summed E-state index contributed by atoms with van der Waals surface area (Å²) >= 11 is 2.86. The molecule has 0 spiro atoms. The van der Waals surface area contributed by atoms with E-state index in [1.807, 2.05) is 97.9 Å². The van der Waals surface area contributed by atoms with Crippen molar-refractivity contribution in [2.75, 3.05) is 31.1 Å². The van der Waals surface area contributed by atoms with Gasteiger partial charge in [0, 0.05) is 55.4 Å². The zero-order valence-corrected chi connectivity index (χ0v) is 58.7. The molecule has 0 bridgehead atoms. The van der Waals surface area contributed by atoms with Crippen LogP contribution in [0.2, 0.25) is 0 Å². The smallest absolute Gasteiger partial charge is 0.407 e. The number of likely N-dealkylation sites (tertiary alicyclic amines) is 1. The van der Waals surface area contributed by atoms with Gasteiger partial charge in [0.05, 0.1) is 13.0 Å². The molecular weight excluding hydrogens is 1330 g/mol. The van der Waals surface area contributed by atoms with Gasteiger partial charge < -0.3 is 68.4 Å². The van der Waals surface area contributed by atoms with Crippen LogP contribution < -0.4 is 58.7 Å². The highest BCUT2D eigenvalue weighted by atomic mass is 32.2. The molecule has 101 heavy (non-hydrogen) atoms. The number of aryl methyl sites for hydroxylation is 1. The number of carbonyl (C=O) groups excluding carboxylic acids is 11. The molecular formula is C75H91N11O13S2. The second-order valence-corrected chi connectivity index (χ2v) is 27.1. The zero-order chi connectivity index (χ0) is 72.5. The first-order valence-electron chi connectivity index (χ1n) is 33.6. The van der Waals surface area contributed by atoms with Gasteiger partial charge in [0.1, 0.15) is 61.3 Å². The molecule has 6 aromatic rings. The topological polar surface area (TPSA) is 358 Å². The number of ether oxygens (including phenoxy) is 2. The lowest BCUT2D eigenvalue weighted by atomic mass is 9.99. The maximum atomic E-state index is 14.9. The Hall–Kier alpha value is -10.2. The van der Waals surface area contributed by atoms with E-state index in [-0.39, 0.29) is 75.8 Å². The maximum Gasteiger partial charge on any atom is 0.407 e. The lowest BCUT2D eigenvalue weighted by molar-refractivity contribution is -0.142. The first-order chi connectivity index (χ1) is 48.7. The van der Waals surface area contributed by atoms with Gasteiger partial charge in [0.25, 0.3) is 0 Å². The van der Waals surface area contributed by atoms with E-state index in [0.29, 0.717) is 47.2 Å². The predicted octanol–water partition coefficient (Wildman–Crippen LogP) is 5.36. The highest BCUT2D eigenvalue weighted by Crippen LogP contribution is 2.23. The molecule has 536 valence electrons. The Bertz CT molecular complexity index is 3690. The number of carbonyl (C=O) groups is 11. The Kier molecular flexibility index (Phi) is 32.0. The Labute approximate surface area is 597 Å². The standard InChI is InChI=1S/C75H91N11O13S2/c1-49(2)39-59(82-71(93)61(40-51-17-8-4-9-18-51)83-70(92)60(80-67(89)35-38-100-46-56-28-26-50(3)27-29-56)41-52-30-32-57(33-31-52)98-44-53-19-10-5-11-20-53)69(91)84-62(42-65(76)87)72(94)85-63(48-101-47-55-23-14-7-15-24-55)74(96)86-37-16-25-64(86)73(95)81-58(68(90)79-43-66(77)88)34-36-78-75(97)99-45-54-21-12-6-13-22-54/h4-15,17-24,26-33,49,58-64H,16,25,34-48H2,1-3H3,(H2,76,87)(H2,77,88)(H,78,97)(H,79,90)(H,80,89)(H,81,95)(H,82,93)(H,83,92)(H,84,91)(H,85,94)/t58-,59-,60-,61-,62-,63-,64-/m0/s1. The second-order valence-electron chi connectivity index (χ2n) is 25.0. The van der Waals surface area contributed by atoms with Gasteiger partial charge >= 0.3 is 6.09 Å². The molecule has 26 heteroatoms. The quantitative estimate of drug-likeness (QED) is 0.0217. The van der Waals surface area contributed by atoms with Crippen molar-refractivity contribution in [1.82, 2.24) is 47.4 Å². The Balaban J connectivity index is 1.07. The first kappa shape index (κ1) is 78.1. The van der Waals surface area contributed by atoms with Crippen LogP contribution in [0.15, 0.2) is 170 Å². The molecule has 1 heterocycles. The summed E-state index contributed by atoms with van der Waals surface area (Å²) in [6.45, 7) is 5.25. The van der Waals surface area contributed by atoms with E-state index in [9.17, 15) is 52.7 Å². The van der Waals surface area contributed by atoms with Gasteiger partial charge in [-0.1, -0.05) is 177 Å². The van der Waals surface area contributed by atoms with Crippen molar-refractivity contribution in [3.8, 4) is 5.75 Å². The fourth-order valence-electron chi connectivity index (χ4n) is 10.9. The number of thioether (sulfide) groups is 2. The van der Waals surface area contributed by atoms with E-state index in [0.717, 1.165) is 27.8 Å². The number of hydrogen-bond acceptors (Lipinski definition) is 15. The van der Waals surface area contributed by atoms with E-state index in [1.54, 1.807) is 104 Å². The van der Waals surface area contributed by atoms with Crippen molar-refractivity contribution >= 4 is 88.7 Å². The number of alkyl carbamates (subject to hydrolysis) is 1. The molecule has 0 saturated carbocycles. The zero-order valence-electron chi connectivity index (χ0n) is 57.0. The highest BCUT2D eigenvalue weighted by Gasteiger charge is 2.41. The van der Waals surface area contributed by atoms with Gasteiger partial charge in [-0.2, -0.15) is 23.5 Å². The summed E-state index contributed by atoms with van der Waals surface area (Å²) in [6, 6.07) is 42.5. The number of rotatable bonds is 40. The monoisotopic (exact) mass is 1420 g/mol. The highest BCUT2D eigenvalue weighted by molar-refractivity contribution is 7.98. The summed E-state index contributed by atoms with van der Waals surface area (Å²) in [6.07, 6.45) is -1.18. The van der Waals surface area contributed by atoms with Crippen molar-refractivity contribution in [1.29, 1.82) is 0 Å². The second kappa shape index (κ2) is 41.4. The lowest BCUT2D eigenvalue weighted by Gasteiger charge is -2.31. The largest absolute Gasteiger partial charge is 0.489 e. The van der Waals surface area contributed by atoms with Crippen LogP contribution in [0.4, 0.5) is 4.79 Å². The number of benzene rings is 6. The van der Waals surface area contributed by atoms with Crippen LogP contribution in [0.5, 0.6) is 5.75 Å². The number of primary amides is 2. The number of nitrogens with zero attached hydrogens (tertiary/aromatic N) is 1. The van der Waals surface area contributed by atoms with E-state index < -0.39 is 115 Å². The van der Waals surface area contributed by atoms with Crippen molar-refractivity contribution in [2.24, 2.45) is 17.4 Å². The van der Waals surface area contributed by atoms with E-state index in [4.69, 9.17) is 20.9 Å². The molecule has 1 aliphatic rings. The lowest BCUT2D eigenvalue weighted by Crippen LogP contribution is -2.61. The van der Waals surface area contributed by atoms with Crippen LogP contribution in [-0.4, -0.2) is 143 Å². The van der Waals surface area contributed by atoms with Crippen molar-refractivity contribution in [2.45, 2.75) is 139 Å². The molecule has 1 saturated heterocycles. The molecule has 11 amide bonds. The van der Waals surface area contributed by atoms with Gasteiger partial charge in [-0.05, 0) is 84.0 Å². The molecule has 0 aliphatic carbocycles. The third-order valence-corrected chi connectivity index (χ3v) is 18.4. The summed E-state index contributed by atoms with van der Waals surface area (Å²) < 4.78 is 11.3. The summed E-state index contributed by atoms with van der Waals surface area (Å²) in [5, 5.41) is 21.5. The molecule has 0 unspecified atom stereocenters. The average molecular weight is 1420 g/mol. The van der Waals surface area contributed by atoms with Crippen LogP contribution in [-0.2, 0) is 90.2 Å². The van der Waals surface area contributed by atoms with Gasteiger partial charge in [-0.15, -0.1) is 0 Å². The SMILES string of the molecule is Cc1ccc(CSCCC(=O)N[C@@H](Cc2ccc(OCc3ccccc3)cc2)C(=O)N[C@@H](Cc2ccccc2)C(=O)N[C@@H](CC(C)C)C(=O)N[C@@H](CC(N)=O)C(=O)N[C@@H](CSCc2ccccc2)C(=O)N2CCC[C@H]2C(=O)N[C@@H](CCNC(=O)OCc2ccccc2)C(=O)NCC(N)=O)cc1. The van der Waals surface area contributed by atoms with Gasteiger partial charge in [0.15, 0.2) is 0 Å². The van der Waals surface area contributed by atoms with Crippen molar-refractivity contribution in [3.05, 3.63) is 209 Å². The van der Waals surface area contributed by atoms with Crippen LogP contribution in [0.1, 0.15) is 91.3 Å². The number of nitrogens with two attached hydrogens (primary N) is 2. The van der Waals surface area contributed by atoms with Gasteiger partial charge in [0.2, 0.25) is 59.1 Å². The number of hydrogen-bond donors (Lipinski definition) is 10. The third kappa shape index (κ3) is 27.8. The van der Waals surface area contributed by atoms with E-state index >= 15 is 0 Å². The van der Waals surface area contributed by atoms with Crippen LogP contribution in [0.3, 0.4) is 0 Å². The van der Waals surface area contributed by atoms with Crippen LogP contribution >= 0.6 is 23.5 Å². The first-order valence-corrected chi connectivity index (χ1v) is 35.9. The fraction of sp³-hybridized carbons (Fsp3) is 0.373. The minimum absolute atomic E-state index is 0.00126. The molecule has 0 radical (unpaired) electrons. The fourth-order valence-corrected chi connectivity index (χ4v) is 12.9. The third-order valence-electron chi connectivity index (χ3n) is 16.3. The van der Waals surface area contributed by atoms with Crippen LogP contribution in [0.25, 0.3) is 0 Å². The summed E-state index contributed by atoms with van der Waals surface area (Å²) in [4.78, 5) is 154. The molecule has 0 aromatic heterocycles. The van der Waals surface area contributed by atoms with Crippen molar-refractivity contribution in [3.63, 3.8) is 0 Å².